The van der Waals surface area contributed by atoms with Crippen molar-refractivity contribution in [3.63, 3.8) is 0 Å². The highest BCUT2D eigenvalue weighted by Crippen LogP contribution is 2.56. The molecule has 10 aromatic rings. The fraction of sp³-hybridized carbons (Fsp3) is 0.0820. The molecule has 2 heteroatoms. The molecule has 2 heterocycles. The smallest absolute Gasteiger partial charge is 0.0713 e. The molecule has 0 spiro atoms. The first-order valence-electron chi connectivity index (χ1n) is 22.4. The Morgan fingerprint density at radius 2 is 0.984 bits per heavy atom. The Morgan fingerprint density at radius 3 is 1.68 bits per heavy atom. The zero-order valence-corrected chi connectivity index (χ0v) is 35.0. The van der Waals surface area contributed by atoms with E-state index in [0.717, 1.165) is 25.7 Å². The fourth-order valence-electron chi connectivity index (χ4n) is 11.4. The topological polar surface area (TPSA) is 9.86 Å². The number of nitrogens with zero attached hydrogens (tertiary/aromatic N) is 2. The maximum absolute atomic E-state index is 2.58. The highest BCUT2D eigenvalue weighted by atomic mass is 15.0. The van der Waals surface area contributed by atoms with Crippen molar-refractivity contribution in [2.75, 3.05) is 0 Å². The van der Waals surface area contributed by atoms with E-state index in [1.54, 1.807) is 0 Å². The van der Waals surface area contributed by atoms with Gasteiger partial charge in [-0.2, -0.15) is 0 Å². The molecule has 0 aliphatic heterocycles. The molecular formula is C61H44N2. The molecule has 0 saturated carbocycles. The lowest BCUT2D eigenvalue weighted by atomic mass is 9.67. The zero-order chi connectivity index (χ0) is 41.5. The summed E-state index contributed by atoms with van der Waals surface area (Å²) in [6.07, 6.45) is 15.9. The monoisotopic (exact) mass is 804 g/mol. The number of allylic oxidation sites excluding steroid dienone is 8. The Morgan fingerprint density at radius 1 is 0.381 bits per heavy atom. The quantitative estimate of drug-likeness (QED) is 0.158. The van der Waals surface area contributed by atoms with Crippen LogP contribution in [-0.4, -0.2) is 9.13 Å². The lowest BCUT2D eigenvalue weighted by Crippen LogP contribution is -2.28. The number of aromatic nitrogens is 2. The van der Waals surface area contributed by atoms with Crippen molar-refractivity contribution in [3.8, 4) is 27.9 Å². The van der Waals surface area contributed by atoms with Crippen molar-refractivity contribution in [2.24, 2.45) is 0 Å². The van der Waals surface area contributed by atoms with Crippen LogP contribution in [0.4, 0.5) is 0 Å². The van der Waals surface area contributed by atoms with Gasteiger partial charge in [-0.1, -0.05) is 170 Å². The van der Waals surface area contributed by atoms with Crippen LogP contribution in [0.1, 0.15) is 47.9 Å². The number of fused-ring (bicyclic) bond motifs is 9. The molecule has 63 heavy (non-hydrogen) atoms. The minimum absolute atomic E-state index is 0.465. The van der Waals surface area contributed by atoms with E-state index in [0.29, 0.717) is 0 Å². The van der Waals surface area contributed by atoms with Gasteiger partial charge in [0.25, 0.3) is 0 Å². The molecule has 0 saturated heterocycles. The van der Waals surface area contributed by atoms with Crippen LogP contribution in [0.25, 0.3) is 77.2 Å². The second-order valence-electron chi connectivity index (χ2n) is 17.4. The van der Waals surface area contributed by atoms with Crippen LogP contribution in [0, 0.1) is 0 Å². The van der Waals surface area contributed by atoms with Crippen LogP contribution in [-0.2, 0) is 5.41 Å². The number of rotatable bonds is 6. The molecule has 2 aromatic heterocycles. The van der Waals surface area contributed by atoms with E-state index in [4.69, 9.17) is 0 Å². The third-order valence-electron chi connectivity index (χ3n) is 14.2. The molecule has 0 amide bonds. The second-order valence-corrected chi connectivity index (χ2v) is 17.4. The molecule has 0 atom stereocenters. The van der Waals surface area contributed by atoms with Gasteiger partial charge in [0.2, 0.25) is 0 Å². The molecule has 298 valence electrons. The lowest BCUT2D eigenvalue weighted by molar-refractivity contribution is 0.770. The predicted octanol–water partition coefficient (Wildman–Crippen LogP) is 15.8. The maximum Gasteiger partial charge on any atom is 0.0713 e. The highest BCUT2D eigenvalue weighted by Gasteiger charge is 2.46. The van der Waals surface area contributed by atoms with Crippen molar-refractivity contribution in [1.29, 1.82) is 0 Å². The van der Waals surface area contributed by atoms with Gasteiger partial charge in [-0.15, -0.1) is 0 Å². The highest BCUT2D eigenvalue weighted by molar-refractivity contribution is 6.13. The molecule has 8 aromatic carbocycles. The summed E-state index contributed by atoms with van der Waals surface area (Å²) in [5.74, 6) is 0. The third kappa shape index (κ3) is 5.38. The van der Waals surface area contributed by atoms with Gasteiger partial charge in [-0.05, 0) is 130 Å². The first-order chi connectivity index (χ1) is 31.3. The van der Waals surface area contributed by atoms with Gasteiger partial charge in [0, 0.05) is 32.9 Å². The molecule has 13 rings (SSSR count). The molecule has 0 N–H and O–H groups in total. The van der Waals surface area contributed by atoms with Crippen LogP contribution in [0.2, 0.25) is 0 Å². The van der Waals surface area contributed by atoms with E-state index in [9.17, 15) is 0 Å². The lowest BCUT2D eigenvalue weighted by Gasteiger charge is -2.34. The van der Waals surface area contributed by atoms with Crippen LogP contribution < -0.4 is 0 Å². The number of para-hydroxylation sites is 2. The number of hydrogen-bond acceptors (Lipinski definition) is 0. The summed E-state index contributed by atoms with van der Waals surface area (Å²) >= 11 is 0. The summed E-state index contributed by atoms with van der Waals surface area (Å²) in [7, 11) is 0. The Bertz CT molecular complexity index is 3560. The van der Waals surface area contributed by atoms with Gasteiger partial charge in [-0.3, -0.25) is 0 Å². The average molecular weight is 805 g/mol. The van der Waals surface area contributed by atoms with Gasteiger partial charge in [0.05, 0.1) is 27.5 Å². The molecule has 0 bridgehead atoms. The standard InChI is InChI=1S/C61H44N2/c1-4-16-41(17-5-1)42-28-33-48(34-29-42)63-58-37-32-46(61(45-18-6-2-7-19-45)55-25-13-10-22-49(55)50-23-11-14-26-56(50)61)40-54(58)53-36-31-44(39-60(53)63)43-30-35-52-51-24-12-15-27-57(51)62(59(52)38-43)47-20-8-3-9-21-47/h1-4,6-16,18-28,30-33,35-40H,5,17,29,34H2. The second kappa shape index (κ2) is 14.2. The van der Waals surface area contributed by atoms with Crippen molar-refractivity contribution in [3.05, 3.63) is 252 Å². The molecule has 3 aliphatic rings. The zero-order valence-electron chi connectivity index (χ0n) is 35.0. The molecule has 0 unspecified atom stereocenters. The van der Waals surface area contributed by atoms with Gasteiger partial charge in [0.15, 0.2) is 0 Å². The van der Waals surface area contributed by atoms with Gasteiger partial charge in [0.1, 0.15) is 0 Å². The summed E-state index contributed by atoms with van der Waals surface area (Å²) in [4.78, 5) is 0. The Hall–Kier alpha value is -7.68. The average Bonchev–Trinajstić information content (AvgIpc) is 3.98. The summed E-state index contributed by atoms with van der Waals surface area (Å²) in [5, 5.41) is 5.09. The van der Waals surface area contributed by atoms with E-state index in [-0.39, 0.29) is 0 Å². The summed E-state index contributed by atoms with van der Waals surface area (Å²) < 4.78 is 4.99. The van der Waals surface area contributed by atoms with Crippen LogP contribution in [0.5, 0.6) is 0 Å². The third-order valence-corrected chi connectivity index (χ3v) is 14.2. The van der Waals surface area contributed by atoms with Gasteiger partial charge < -0.3 is 9.13 Å². The van der Waals surface area contributed by atoms with E-state index in [1.165, 1.54) is 111 Å². The summed E-state index contributed by atoms with van der Waals surface area (Å²) in [6.45, 7) is 0. The minimum Gasteiger partial charge on any atom is -0.313 e. The molecule has 0 fully saturated rings. The van der Waals surface area contributed by atoms with Crippen molar-refractivity contribution in [2.45, 2.75) is 31.1 Å². The molecular weight excluding hydrogens is 761 g/mol. The molecule has 3 aliphatic carbocycles. The number of hydrogen-bond donors (Lipinski definition) is 0. The first kappa shape index (κ1) is 36.0. The van der Waals surface area contributed by atoms with E-state index in [1.807, 2.05) is 0 Å². The largest absolute Gasteiger partial charge is 0.313 e. The Labute approximate surface area is 367 Å². The maximum atomic E-state index is 2.58. The van der Waals surface area contributed by atoms with Gasteiger partial charge >= 0.3 is 0 Å². The van der Waals surface area contributed by atoms with Crippen molar-refractivity contribution in [1.82, 2.24) is 9.13 Å². The normalized spacial score (nSPS) is 15.4. The van der Waals surface area contributed by atoms with Crippen LogP contribution in [0.15, 0.2) is 230 Å². The number of benzene rings is 8. The molecule has 2 nitrogen and oxygen atoms in total. The Kier molecular flexibility index (Phi) is 8.11. The van der Waals surface area contributed by atoms with E-state index in [2.05, 4.69) is 228 Å². The van der Waals surface area contributed by atoms with E-state index < -0.39 is 5.41 Å². The Balaban J connectivity index is 1.05. The molecule has 0 radical (unpaired) electrons. The first-order valence-corrected chi connectivity index (χ1v) is 22.4. The van der Waals surface area contributed by atoms with Crippen molar-refractivity contribution >= 4 is 49.3 Å². The summed E-state index contributed by atoms with van der Waals surface area (Å²) in [6, 6.07) is 70.4. The van der Waals surface area contributed by atoms with Gasteiger partial charge in [-0.25, -0.2) is 0 Å². The van der Waals surface area contributed by atoms with E-state index >= 15 is 0 Å². The summed E-state index contributed by atoms with van der Waals surface area (Å²) in [5.41, 5.74) is 20.2. The minimum atomic E-state index is -0.465. The fourth-order valence-corrected chi connectivity index (χ4v) is 11.4. The SMILES string of the molecule is C1=CCCC(C2=CC=C(n3c4ccc(C5(c6ccccc6)c6ccccc6-c6ccccc65)cc4c4ccc(-c5ccc6c7ccccc7n(-c7ccccc7)c6c5)cc43)CC2)=C1. The van der Waals surface area contributed by atoms with Crippen LogP contribution >= 0.6 is 0 Å². The van der Waals surface area contributed by atoms with Crippen LogP contribution in [0.3, 0.4) is 0 Å². The van der Waals surface area contributed by atoms with Crippen molar-refractivity contribution < 1.29 is 0 Å². The predicted molar refractivity (Wildman–Crippen MR) is 265 cm³/mol.